The molecule has 0 aliphatic rings. The lowest BCUT2D eigenvalue weighted by atomic mass is 9.85. The summed E-state index contributed by atoms with van der Waals surface area (Å²) >= 11 is 3.34. The van der Waals surface area contributed by atoms with Crippen LogP contribution >= 0.6 is 15.9 Å². The van der Waals surface area contributed by atoms with Gasteiger partial charge in [0.1, 0.15) is 0 Å². The molecular formula is C23H17BrO3. The van der Waals surface area contributed by atoms with Crippen molar-refractivity contribution in [2.45, 2.75) is 6.42 Å². The zero-order chi connectivity index (χ0) is 19.2. The number of Topliss-reactive ketones (excluding diaryl/α,β-unsaturated/α-hetero) is 3. The number of benzene rings is 3. The Morgan fingerprint density at radius 3 is 1.59 bits per heavy atom. The molecule has 3 aromatic rings. The summed E-state index contributed by atoms with van der Waals surface area (Å²) < 4.78 is 0.838. The minimum atomic E-state index is -1.05. The number of carbonyl (C=O) groups is 3. The number of carbonyl (C=O) groups excluding carboxylic acids is 3. The van der Waals surface area contributed by atoms with Crippen LogP contribution in [0.15, 0.2) is 89.4 Å². The summed E-state index contributed by atoms with van der Waals surface area (Å²) in [6.45, 7) is 0. The quantitative estimate of drug-likeness (QED) is 0.379. The van der Waals surface area contributed by atoms with Gasteiger partial charge in [0.25, 0.3) is 0 Å². The maximum absolute atomic E-state index is 13.0. The van der Waals surface area contributed by atoms with Crippen LogP contribution in [0, 0.1) is 5.92 Å². The van der Waals surface area contributed by atoms with E-state index < -0.39 is 5.92 Å². The molecule has 0 amide bonds. The van der Waals surface area contributed by atoms with Crippen molar-refractivity contribution in [2.75, 3.05) is 0 Å². The van der Waals surface area contributed by atoms with Gasteiger partial charge in [0.15, 0.2) is 17.3 Å². The van der Waals surface area contributed by atoms with Gasteiger partial charge in [-0.2, -0.15) is 0 Å². The van der Waals surface area contributed by atoms with Crippen LogP contribution in [0.25, 0.3) is 0 Å². The molecule has 0 aliphatic heterocycles. The molecule has 0 saturated carbocycles. The average molecular weight is 421 g/mol. The molecule has 0 spiro atoms. The van der Waals surface area contributed by atoms with E-state index in [-0.39, 0.29) is 23.8 Å². The molecule has 1 unspecified atom stereocenters. The molecule has 0 radical (unpaired) electrons. The summed E-state index contributed by atoms with van der Waals surface area (Å²) in [5, 5.41) is 0. The third-order valence-electron chi connectivity index (χ3n) is 4.31. The molecule has 0 aliphatic carbocycles. The molecule has 27 heavy (non-hydrogen) atoms. The van der Waals surface area contributed by atoms with Gasteiger partial charge >= 0.3 is 0 Å². The second-order valence-electron chi connectivity index (χ2n) is 6.15. The molecule has 3 nitrogen and oxygen atoms in total. The maximum atomic E-state index is 13.0. The van der Waals surface area contributed by atoms with Gasteiger partial charge in [-0.25, -0.2) is 0 Å². The number of ketones is 3. The van der Waals surface area contributed by atoms with Crippen LogP contribution in [0.5, 0.6) is 0 Å². The zero-order valence-corrected chi connectivity index (χ0v) is 16.1. The van der Waals surface area contributed by atoms with Gasteiger partial charge in [-0.1, -0.05) is 88.7 Å². The number of hydrogen-bond donors (Lipinski definition) is 0. The predicted octanol–water partition coefficient (Wildman–Crippen LogP) is 5.40. The highest BCUT2D eigenvalue weighted by molar-refractivity contribution is 9.10. The highest BCUT2D eigenvalue weighted by Crippen LogP contribution is 2.22. The van der Waals surface area contributed by atoms with Crippen LogP contribution in [0.4, 0.5) is 0 Å². The van der Waals surface area contributed by atoms with Crippen LogP contribution in [0.3, 0.4) is 0 Å². The van der Waals surface area contributed by atoms with Crippen molar-refractivity contribution in [3.8, 4) is 0 Å². The topological polar surface area (TPSA) is 51.2 Å². The molecule has 0 bridgehead atoms. The highest BCUT2D eigenvalue weighted by Gasteiger charge is 2.31. The Bertz CT molecular complexity index is 948. The first-order valence-electron chi connectivity index (χ1n) is 8.53. The molecule has 0 saturated heterocycles. The summed E-state index contributed by atoms with van der Waals surface area (Å²) in [5.41, 5.74) is 1.33. The minimum Gasteiger partial charge on any atom is -0.294 e. The third-order valence-corrected chi connectivity index (χ3v) is 4.83. The van der Waals surface area contributed by atoms with Crippen LogP contribution in [-0.2, 0) is 0 Å². The van der Waals surface area contributed by atoms with Gasteiger partial charge in [-0.05, 0) is 12.1 Å². The SMILES string of the molecule is O=C(CC(C(=O)c1ccccc1)C(=O)c1ccc(Br)cc1)c1ccccc1. The van der Waals surface area contributed by atoms with E-state index in [1.165, 1.54) is 0 Å². The lowest BCUT2D eigenvalue weighted by Crippen LogP contribution is -2.27. The van der Waals surface area contributed by atoms with Crippen LogP contribution in [0.2, 0.25) is 0 Å². The van der Waals surface area contributed by atoms with Crippen molar-refractivity contribution in [3.05, 3.63) is 106 Å². The van der Waals surface area contributed by atoms with Gasteiger partial charge in [-0.15, -0.1) is 0 Å². The molecular weight excluding hydrogens is 404 g/mol. The fourth-order valence-corrected chi connectivity index (χ4v) is 3.12. The Morgan fingerprint density at radius 2 is 1.07 bits per heavy atom. The molecule has 3 aromatic carbocycles. The van der Waals surface area contributed by atoms with Crippen molar-refractivity contribution in [1.82, 2.24) is 0 Å². The Balaban J connectivity index is 1.93. The zero-order valence-electron chi connectivity index (χ0n) is 14.5. The first-order chi connectivity index (χ1) is 13.1. The Kier molecular flexibility index (Phi) is 6.09. The Hall–Kier alpha value is -2.85. The molecule has 0 heterocycles. The fraction of sp³-hybridized carbons (Fsp3) is 0.0870. The van der Waals surface area contributed by atoms with E-state index in [2.05, 4.69) is 15.9 Å². The summed E-state index contributed by atoms with van der Waals surface area (Å²) in [6.07, 6.45) is -0.160. The van der Waals surface area contributed by atoms with Crippen LogP contribution in [-0.4, -0.2) is 17.3 Å². The Morgan fingerprint density at radius 1 is 0.630 bits per heavy atom. The normalized spacial score (nSPS) is 11.6. The van der Waals surface area contributed by atoms with Gasteiger partial charge in [0, 0.05) is 27.6 Å². The van der Waals surface area contributed by atoms with Crippen molar-refractivity contribution in [1.29, 1.82) is 0 Å². The fourth-order valence-electron chi connectivity index (χ4n) is 2.85. The molecule has 4 heteroatoms. The second kappa shape index (κ2) is 8.69. The first kappa shape index (κ1) is 18.9. The summed E-state index contributed by atoms with van der Waals surface area (Å²) in [5.74, 6) is -1.97. The third kappa shape index (κ3) is 4.66. The second-order valence-corrected chi connectivity index (χ2v) is 7.06. The smallest absolute Gasteiger partial charge is 0.174 e. The average Bonchev–Trinajstić information content (AvgIpc) is 2.72. The monoisotopic (exact) mass is 420 g/mol. The standard InChI is InChI=1S/C23H17BrO3/c24-19-13-11-18(12-14-19)23(27)20(22(26)17-9-5-2-6-10-17)15-21(25)16-7-3-1-4-8-16/h1-14,20H,15H2. The van der Waals surface area contributed by atoms with E-state index in [1.807, 2.05) is 6.07 Å². The van der Waals surface area contributed by atoms with Crippen LogP contribution in [0.1, 0.15) is 37.5 Å². The van der Waals surface area contributed by atoms with Crippen molar-refractivity contribution in [3.63, 3.8) is 0 Å². The van der Waals surface area contributed by atoms with Gasteiger partial charge in [-0.3, -0.25) is 14.4 Å². The Labute approximate surface area is 166 Å². The summed E-state index contributed by atoms with van der Waals surface area (Å²) in [6, 6.07) is 24.1. The van der Waals surface area contributed by atoms with Crippen molar-refractivity contribution >= 4 is 33.3 Å². The molecule has 1 atom stereocenters. The van der Waals surface area contributed by atoms with E-state index in [1.54, 1.807) is 78.9 Å². The van der Waals surface area contributed by atoms with Crippen molar-refractivity contribution in [2.24, 2.45) is 5.92 Å². The van der Waals surface area contributed by atoms with Crippen molar-refractivity contribution < 1.29 is 14.4 Å². The lowest BCUT2D eigenvalue weighted by molar-refractivity contribution is 0.0760. The lowest BCUT2D eigenvalue weighted by Gasteiger charge is -2.15. The van der Waals surface area contributed by atoms with E-state index in [9.17, 15) is 14.4 Å². The predicted molar refractivity (Wildman–Crippen MR) is 108 cm³/mol. The number of rotatable bonds is 7. The van der Waals surface area contributed by atoms with E-state index in [0.717, 1.165) is 4.47 Å². The minimum absolute atomic E-state index is 0.160. The molecule has 134 valence electrons. The largest absolute Gasteiger partial charge is 0.294 e. The van der Waals surface area contributed by atoms with E-state index >= 15 is 0 Å². The van der Waals surface area contributed by atoms with E-state index in [0.29, 0.717) is 16.7 Å². The molecule has 0 N–H and O–H groups in total. The summed E-state index contributed by atoms with van der Waals surface area (Å²) in [7, 11) is 0. The van der Waals surface area contributed by atoms with Gasteiger partial charge in [0.2, 0.25) is 0 Å². The van der Waals surface area contributed by atoms with Crippen LogP contribution < -0.4 is 0 Å². The number of hydrogen-bond acceptors (Lipinski definition) is 3. The molecule has 0 fully saturated rings. The maximum Gasteiger partial charge on any atom is 0.174 e. The van der Waals surface area contributed by atoms with Gasteiger partial charge in [0.05, 0.1) is 5.92 Å². The van der Waals surface area contributed by atoms with E-state index in [4.69, 9.17) is 0 Å². The molecule has 0 aromatic heterocycles. The summed E-state index contributed by atoms with van der Waals surface area (Å²) in [4.78, 5) is 38.7. The highest BCUT2D eigenvalue weighted by atomic mass is 79.9. The number of halogens is 1. The first-order valence-corrected chi connectivity index (χ1v) is 9.33. The molecule has 3 rings (SSSR count). The van der Waals surface area contributed by atoms with Gasteiger partial charge < -0.3 is 0 Å².